The van der Waals surface area contributed by atoms with E-state index in [0.717, 1.165) is 0 Å². The van der Waals surface area contributed by atoms with Crippen LogP contribution >= 0.6 is 0 Å². The van der Waals surface area contributed by atoms with Gasteiger partial charge >= 0.3 is 5.97 Å². The molecule has 0 radical (unpaired) electrons. The smallest absolute Gasteiger partial charge is 0.309 e. The van der Waals surface area contributed by atoms with Crippen molar-refractivity contribution in [1.82, 2.24) is 0 Å². The van der Waals surface area contributed by atoms with Gasteiger partial charge in [0.05, 0.1) is 25.7 Å². The Kier molecular flexibility index (Phi) is 4.97. The molecular weight excluding hydrogens is 196 g/mol. The Balaban J connectivity index is 4.61. The molecule has 6 heteroatoms. The lowest BCUT2D eigenvalue weighted by Gasteiger charge is -2.12. The Bertz CT molecular complexity index is 339. The van der Waals surface area contributed by atoms with Crippen LogP contribution in [0.4, 0.5) is 0 Å². The molecule has 0 amide bonds. The van der Waals surface area contributed by atoms with Crippen molar-refractivity contribution in [2.75, 3.05) is 7.11 Å². The Morgan fingerprint density at radius 1 is 1.60 bits per heavy atom. The Morgan fingerprint density at radius 3 is 2.60 bits per heavy atom. The van der Waals surface area contributed by atoms with Gasteiger partial charge in [-0.25, -0.2) is 0 Å². The van der Waals surface area contributed by atoms with E-state index in [2.05, 4.69) is 15.0 Å². The number of rotatable bonds is 4. The molecule has 0 rings (SSSR count). The fourth-order valence-corrected chi connectivity index (χ4v) is 0.690. The molecule has 0 aliphatic carbocycles. The summed E-state index contributed by atoms with van der Waals surface area (Å²) >= 11 is 0. The fourth-order valence-electron chi connectivity index (χ4n) is 0.690. The molecule has 6 nitrogen and oxygen atoms in total. The molecule has 0 aromatic heterocycles. The number of carbonyl (C=O) groups excluding carboxylic acids is 1. The zero-order valence-electron chi connectivity index (χ0n) is 8.89. The number of nitriles is 2. The van der Waals surface area contributed by atoms with Gasteiger partial charge in [0.2, 0.25) is 0 Å². The van der Waals surface area contributed by atoms with Crippen molar-refractivity contribution in [3.63, 3.8) is 0 Å². The van der Waals surface area contributed by atoms with Gasteiger partial charge in [-0.15, -0.1) is 0 Å². The molecule has 0 saturated carbocycles. The van der Waals surface area contributed by atoms with Crippen LogP contribution in [-0.2, 0) is 9.53 Å². The highest BCUT2D eigenvalue weighted by molar-refractivity contribution is 5.71. The molecule has 15 heavy (non-hydrogen) atoms. The summed E-state index contributed by atoms with van der Waals surface area (Å²) in [5.74, 6) is -0.539. The molecule has 2 atom stereocenters. The maximum Gasteiger partial charge on any atom is 0.309 e. The lowest BCUT2D eigenvalue weighted by atomic mass is 10.0. The van der Waals surface area contributed by atoms with Gasteiger partial charge in [0, 0.05) is 0 Å². The van der Waals surface area contributed by atoms with E-state index in [0.29, 0.717) is 0 Å². The molecule has 0 aliphatic rings. The summed E-state index contributed by atoms with van der Waals surface area (Å²) in [4.78, 5) is 11.0. The van der Waals surface area contributed by atoms with Crippen molar-refractivity contribution in [3.8, 4) is 12.1 Å². The number of esters is 1. The number of ether oxygens (including phenoxy) is 1. The number of hydrogen-bond donors (Lipinski definition) is 0. The number of azo groups is 1. The SMILES string of the molecule is COC(=O)CC(C)(C#N)N=NC(C)C#N. The fraction of sp³-hybridized carbons (Fsp3) is 0.667. The third-order valence-corrected chi connectivity index (χ3v) is 1.60. The second kappa shape index (κ2) is 5.71. The lowest BCUT2D eigenvalue weighted by Crippen LogP contribution is -2.24. The van der Waals surface area contributed by atoms with Gasteiger partial charge < -0.3 is 4.74 Å². The average Bonchev–Trinajstić information content (AvgIpc) is 2.25. The summed E-state index contributed by atoms with van der Waals surface area (Å²) in [5, 5.41) is 24.6. The number of methoxy groups -OCH3 is 1. The monoisotopic (exact) mass is 208 g/mol. The maximum absolute atomic E-state index is 11.0. The van der Waals surface area contributed by atoms with Gasteiger partial charge in [-0.2, -0.15) is 20.8 Å². The van der Waals surface area contributed by atoms with E-state index >= 15 is 0 Å². The molecule has 0 aromatic carbocycles. The van der Waals surface area contributed by atoms with Gasteiger partial charge in [-0.1, -0.05) is 0 Å². The minimum absolute atomic E-state index is 0.179. The molecule has 80 valence electrons. The molecule has 2 unspecified atom stereocenters. The molecule has 0 saturated heterocycles. The Labute approximate surface area is 88.2 Å². The minimum Gasteiger partial charge on any atom is -0.469 e. The number of carbonyl (C=O) groups is 1. The first-order valence-corrected chi connectivity index (χ1v) is 4.27. The van der Waals surface area contributed by atoms with E-state index in [1.54, 1.807) is 6.92 Å². The van der Waals surface area contributed by atoms with Crippen LogP contribution in [0.2, 0.25) is 0 Å². The molecule has 0 aliphatic heterocycles. The van der Waals surface area contributed by atoms with Crippen LogP contribution < -0.4 is 0 Å². The highest BCUT2D eigenvalue weighted by Gasteiger charge is 2.28. The molecular formula is C9H12N4O2. The number of hydrogen-bond acceptors (Lipinski definition) is 6. The first-order valence-electron chi connectivity index (χ1n) is 4.27. The quantitative estimate of drug-likeness (QED) is 0.511. The molecule has 0 N–H and O–H groups in total. The van der Waals surface area contributed by atoms with E-state index in [1.165, 1.54) is 14.0 Å². The predicted octanol–water partition coefficient (Wildman–Crippen LogP) is 1.20. The highest BCUT2D eigenvalue weighted by atomic mass is 16.5. The second-order valence-electron chi connectivity index (χ2n) is 3.16. The van der Waals surface area contributed by atoms with Crippen LogP contribution in [-0.4, -0.2) is 24.7 Å². The highest BCUT2D eigenvalue weighted by Crippen LogP contribution is 2.16. The van der Waals surface area contributed by atoms with E-state index in [9.17, 15) is 4.79 Å². The first-order chi connectivity index (χ1) is 6.97. The minimum atomic E-state index is -1.27. The predicted molar refractivity (Wildman–Crippen MR) is 50.6 cm³/mol. The third kappa shape index (κ3) is 4.72. The second-order valence-corrected chi connectivity index (χ2v) is 3.16. The van der Waals surface area contributed by atoms with Crippen molar-refractivity contribution >= 4 is 5.97 Å². The lowest BCUT2D eigenvalue weighted by molar-refractivity contribution is -0.141. The maximum atomic E-state index is 11.0. The summed E-state index contributed by atoms with van der Waals surface area (Å²) in [7, 11) is 1.23. The van der Waals surface area contributed by atoms with E-state index < -0.39 is 17.6 Å². The van der Waals surface area contributed by atoms with Gasteiger partial charge in [-0.3, -0.25) is 4.79 Å². The van der Waals surface area contributed by atoms with Crippen molar-refractivity contribution in [2.24, 2.45) is 10.2 Å². The molecule has 0 spiro atoms. The largest absolute Gasteiger partial charge is 0.469 e. The van der Waals surface area contributed by atoms with Gasteiger partial charge in [0.1, 0.15) is 0 Å². The van der Waals surface area contributed by atoms with Crippen LogP contribution in [0, 0.1) is 22.7 Å². The van der Waals surface area contributed by atoms with Crippen molar-refractivity contribution in [3.05, 3.63) is 0 Å². The summed E-state index contributed by atoms with van der Waals surface area (Å²) in [6.45, 7) is 3.00. The van der Waals surface area contributed by atoms with Crippen LogP contribution in [0.5, 0.6) is 0 Å². The molecule has 0 bridgehead atoms. The zero-order valence-corrected chi connectivity index (χ0v) is 8.89. The average molecular weight is 208 g/mol. The Morgan fingerprint density at radius 2 is 2.20 bits per heavy atom. The van der Waals surface area contributed by atoms with Crippen molar-refractivity contribution in [1.29, 1.82) is 10.5 Å². The summed E-state index contributed by atoms with van der Waals surface area (Å²) < 4.78 is 4.42. The van der Waals surface area contributed by atoms with Crippen molar-refractivity contribution in [2.45, 2.75) is 31.8 Å². The van der Waals surface area contributed by atoms with Crippen LogP contribution in [0.15, 0.2) is 10.2 Å². The third-order valence-electron chi connectivity index (χ3n) is 1.60. The number of nitrogens with zero attached hydrogens (tertiary/aromatic N) is 4. The summed E-state index contributed by atoms with van der Waals surface area (Å²) in [6.07, 6.45) is -0.179. The van der Waals surface area contributed by atoms with Gasteiger partial charge in [0.15, 0.2) is 11.6 Å². The zero-order chi connectivity index (χ0) is 11.9. The molecule has 0 aromatic rings. The van der Waals surface area contributed by atoms with Crippen LogP contribution in [0.25, 0.3) is 0 Å². The molecule has 0 heterocycles. The van der Waals surface area contributed by atoms with Gasteiger partial charge in [-0.05, 0) is 13.8 Å². The topological polar surface area (TPSA) is 98.6 Å². The first kappa shape index (κ1) is 13.1. The van der Waals surface area contributed by atoms with Crippen molar-refractivity contribution < 1.29 is 9.53 Å². The standard InChI is InChI=1S/C9H12N4O2/c1-7(5-10)12-13-9(2,6-11)4-8(14)15-3/h7H,4H2,1-3H3. The van der Waals surface area contributed by atoms with Crippen LogP contribution in [0.1, 0.15) is 20.3 Å². The summed E-state index contributed by atoms with van der Waals surface area (Å²) in [6, 6.07) is 3.07. The van der Waals surface area contributed by atoms with E-state index in [-0.39, 0.29) is 6.42 Å². The van der Waals surface area contributed by atoms with Crippen LogP contribution in [0.3, 0.4) is 0 Å². The van der Waals surface area contributed by atoms with E-state index in [4.69, 9.17) is 10.5 Å². The molecule has 0 fully saturated rings. The van der Waals surface area contributed by atoms with E-state index in [1.807, 2.05) is 12.1 Å². The summed E-state index contributed by atoms with van der Waals surface area (Å²) in [5.41, 5.74) is -1.27. The Hall–Kier alpha value is -1.95. The normalized spacial score (nSPS) is 16.1. The van der Waals surface area contributed by atoms with Gasteiger partial charge in [0.25, 0.3) is 0 Å².